The fourth-order valence-electron chi connectivity index (χ4n) is 3.08. The maximum Gasteiger partial charge on any atom is 0.494 e. The van der Waals surface area contributed by atoms with Gasteiger partial charge in [0.15, 0.2) is 0 Å². The predicted octanol–water partition coefficient (Wildman–Crippen LogP) is 1.73. The molecule has 1 aromatic rings. The first-order chi connectivity index (χ1) is 10.8. The number of hydrogen-bond donors (Lipinski definition) is 0. The summed E-state index contributed by atoms with van der Waals surface area (Å²) in [4.78, 5) is 4.90. The lowest BCUT2D eigenvalue weighted by Crippen LogP contribution is -2.44. The molecule has 0 unspecified atom stereocenters. The first kappa shape index (κ1) is 17.0. The number of benzene rings is 1. The van der Waals surface area contributed by atoms with Crippen molar-refractivity contribution >= 4 is 12.6 Å². The monoisotopic (exact) mass is 316 g/mol. The second-order valence-corrected chi connectivity index (χ2v) is 7.91. The lowest BCUT2D eigenvalue weighted by atomic mass is 9.78. The summed E-state index contributed by atoms with van der Waals surface area (Å²) in [5.74, 6) is 0. The van der Waals surface area contributed by atoms with Crippen LogP contribution in [0.5, 0.6) is 0 Å². The summed E-state index contributed by atoms with van der Waals surface area (Å²) in [6.45, 7) is 14.0. The quantitative estimate of drug-likeness (QED) is 0.793. The molecule has 4 nitrogen and oxygen atoms in total. The van der Waals surface area contributed by atoms with E-state index in [2.05, 4.69) is 68.8 Å². The Morgan fingerprint density at radius 1 is 1.00 bits per heavy atom. The van der Waals surface area contributed by atoms with Gasteiger partial charge in [-0.05, 0) is 45.8 Å². The molecule has 0 N–H and O–H groups in total. The minimum Gasteiger partial charge on any atom is -0.399 e. The number of rotatable bonds is 3. The fraction of sp³-hybridized carbons (Fsp3) is 0.667. The first-order valence-corrected chi connectivity index (χ1v) is 8.62. The van der Waals surface area contributed by atoms with Gasteiger partial charge in [0.05, 0.1) is 11.2 Å². The van der Waals surface area contributed by atoms with E-state index in [1.54, 1.807) is 0 Å². The van der Waals surface area contributed by atoms with Gasteiger partial charge < -0.3 is 14.2 Å². The average molecular weight is 316 g/mol. The molecule has 2 aliphatic heterocycles. The zero-order chi connectivity index (χ0) is 16.7. The molecule has 23 heavy (non-hydrogen) atoms. The van der Waals surface area contributed by atoms with Gasteiger partial charge in [-0.2, -0.15) is 0 Å². The summed E-state index contributed by atoms with van der Waals surface area (Å²) in [5.41, 5.74) is 1.88. The molecule has 126 valence electrons. The van der Waals surface area contributed by atoms with E-state index in [0.717, 1.165) is 38.2 Å². The van der Waals surface area contributed by atoms with Gasteiger partial charge in [0.2, 0.25) is 0 Å². The van der Waals surface area contributed by atoms with Crippen LogP contribution in [-0.2, 0) is 15.9 Å². The second-order valence-electron chi connectivity index (χ2n) is 7.91. The van der Waals surface area contributed by atoms with Crippen molar-refractivity contribution in [1.29, 1.82) is 0 Å². The average Bonchev–Trinajstić information content (AvgIpc) is 2.70. The van der Waals surface area contributed by atoms with Crippen molar-refractivity contribution in [1.82, 2.24) is 9.80 Å². The van der Waals surface area contributed by atoms with Crippen LogP contribution in [0.4, 0.5) is 0 Å². The van der Waals surface area contributed by atoms with Crippen LogP contribution >= 0.6 is 0 Å². The standard InChI is InChI=1S/C18H29BN2O2/c1-17(2)18(3,4)23-19(22-17)16-8-6-7-15(13-16)14-21-11-9-20(5)10-12-21/h6-8,13H,9-12,14H2,1-5H3. The highest BCUT2D eigenvalue weighted by atomic mass is 16.7. The van der Waals surface area contributed by atoms with Crippen LogP contribution in [0.3, 0.4) is 0 Å². The number of piperazine rings is 1. The molecule has 0 bridgehead atoms. The normalized spacial score (nSPS) is 25.0. The number of hydrogen-bond acceptors (Lipinski definition) is 4. The van der Waals surface area contributed by atoms with Crippen molar-refractivity contribution in [3.63, 3.8) is 0 Å². The molecule has 2 saturated heterocycles. The Kier molecular flexibility index (Phi) is 4.58. The molecule has 2 heterocycles. The van der Waals surface area contributed by atoms with Gasteiger partial charge in [-0.25, -0.2) is 0 Å². The summed E-state index contributed by atoms with van der Waals surface area (Å²) in [6, 6.07) is 8.66. The van der Waals surface area contributed by atoms with Gasteiger partial charge in [-0.15, -0.1) is 0 Å². The van der Waals surface area contributed by atoms with Crippen LogP contribution in [0, 0.1) is 0 Å². The third kappa shape index (κ3) is 3.63. The summed E-state index contributed by atoms with van der Waals surface area (Å²) in [5, 5.41) is 0. The molecule has 0 amide bonds. The van der Waals surface area contributed by atoms with Crippen LogP contribution in [0.2, 0.25) is 0 Å². The van der Waals surface area contributed by atoms with Crippen molar-refractivity contribution < 1.29 is 9.31 Å². The largest absolute Gasteiger partial charge is 0.494 e. The zero-order valence-corrected chi connectivity index (χ0v) is 15.1. The summed E-state index contributed by atoms with van der Waals surface area (Å²) >= 11 is 0. The molecular formula is C18H29BN2O2. The van der Waals surface area contributed by atoms with E-state index < -0.39 is 0 Å². The third-order valence-electron chi connectivity index (χ3n) is 5.48. The van der Waals surface area contributed by atoms with E-state index in [1.165, 1.54) is 5.56 Å². The Balaban J connectivity index is 1.69. The molecule has 0 aliphatic carbocycles. The van der Waals surface area contributed by atoms with Gasteiger partial charge in [-0.1, -0.05) is 24.3 Å². The minimum atomic E-state index is -0.287. The van der Waals surface area contributed by atoms with Crippen molar-refractivity contribution in [3.8, 4) is 0 Å². The van der Waals surface area contributed by atoms with Gasteiger partial charge in [0.25, 0.3) is 0 Å². The maximum absolute atomic E-state index is 6.17. The zero-order valence-electron chi connectivity index (χ0n) is 15.1. The van der Waals surface area contributed by atoms with E-state index in [0.29, 0.717) is 0 Å². The molecular weight excluding hydrogens is 287 g/mol. The van der Waals surface area contributed by atoms with E-state index in [-0.39, 0.29) is 18.3 Å². The highest BCUT2D eigenvalue weighted by Gasteiger charge is 2.51. The van der Waals surface area contributed by atoms with Gasteiger partial charge in [0.1, 0.15) is 0 Å². The Morgan fingerprint density at radius 2 is 1.61 bits per heavy atom. The molecule has 0 atom stereocenters. The minimum absolute atomic E-state index is 0.271. The molecule has 5 heteroatoms. The summed E-state index contributed by atoms with van der Waals surface area (Å²) < 4.78 is 12.3. The van der Waals surface area contributed by atoms with Gasteiger partial charge in [0, 0.05) is 32.7 Å². The van der Waals surface area contributed by atoms with Gasteiger partial charge >= 0.3 is 7.12 Å². The van der Waals surface area contributed by atoms with Crippen LogP contribution in [0.15, 0.2) is 24.3 Å². The van der Waals surface area contributed by atoms with Crippen LogP contribution < -0.4 is 5.46 Å². The molecule has 1 aromatic carbocycles. The first-order valence-electron chi connectivity index (χ1n) is 8.62. The molecule has 2 aliphatic rings. The van der Waals surface area contributed by atoms with E-state index in [1.807, 2.05) is 0 Å². The maximum atomic E-state index is 6.17. The molecule has 0 spiro atoms. The highest BCUT2D eigenvalue weighted by molar-refractivity contribution is 6.62. The smallest absolute Gasteiger partial charge is 0.399 e. The Bertz CT molecular complexity index is 538. The topological polar surface area (TPSA) is 24.9 Å². The fourth-order valence-corrected chi connectivity index (χ4v) is 3.08. The van der Waals surface area contributed by atoms with Crippen LogP contribution in [0.25, 0.3) is 0 Å². The highest BCUT2D eigenvalue weighted by Crippen LogP contribution is 2.36. The van der Waals surface area contributed by atoms with Crippen molar-refractivity contribution in [2.45, 2.75) is 45.4 Å². The number of nitrogens with zero attached hydrogens (tertiary/aromatic N) is 2. The summed E-state index contributed by atoms with van der Waals surface area (Å²) in [6.07, 6.45) is 0. The lowest BCUT2D eigenvalue weighted by Gasteiger charge is -2.32. The van der Waals surface area contributed by atoms with Crippen molar-refractivity contribution in [2.24, 2.45) is 0 Å². The predicted molar refractivity (Wildman–Crippen MR) is 94.9 cm³/mol. The SMILES string of the molecule is CN1CCN(Cc2cccc(B3OC(C)(C)C(C)(C)O3)c2)CC1. The van der Waals surface area contributed by atoms with E-state index in [4.69, 9.17) is 9.31 Å². The molecule has 3 rings (SSSR count). The molecule has 2 fully saturated rings. The summed E-state index contributed by atoms with van der Waals surface area (Å²) in [7, 11) is 1.92. The van der Waals surface area contributed by atoms with Gasteiger partial charge in [-0.3, -0.25) is 4.90 Å². The second kappa shape index (κ2) is 6.21. The van der Waals surface area contributed by atoms with E-state index in [9.17, 15) is 0 Å². The molecule has 0 saturated carbocycles. The number of likely N-dealkylation sites (N-methyl/N-ethyl adjacent to an activating group) is 1. The Morgan fingerprint density at radius 3 is 2.22 bits per heavy atom. The van der Waals surface area contributed by atoms with Crippen molar-refractivity contribution in [3.05, 3.63) is 29.8 Å². The Hall–Kier alpha value is -0.875. The van der Waals surface area contributed by atoms with Crippen molar-refractivity contribution in [2.75, 3.05) is 33.2 Å². The third-order valence-corrected chi connectivity index (χ3v) is 5.48. The lowest BCUT2D eigenvalue weighted by molar-refractivity contribution is 0.00578. The molecule has 0 aromatic heterocycles. The Labute approximate surface area is 140 Å². The van der Waals surface area contributed by atoms with Crippen LogP contribution in [-0.4, -0.2) is 61.3 Å². The van der Waals surface area contributed by atoms with Crippen LogP contribution in [0.1, 0.15) is 33.3 Å². The molecule has 0 radical (unpaired) electrons. The van der Waals surface area contributed by atoms with E-state index >= 15 is 0 Å².